The molecule has 0 spiro atoms. The molecule has 4 rings (SSSR count). The number of allylic oxidation sites excluding steroid dienone is 6. The summed E-state index contributed by atoms with van der Waals surface area (Å²) in [5.41, 5.74) is 12.6. The fraction of sp³-hybridized carbons (Fsp3) is 0.276. The summed E-state index contributed by atoms with van der Waals surface area (Å²) in [5.74, 6) is 0. The lowest BCUT2D eigenvalue weighted by molar-refractivity contribution is -0.462. The van der Waals surface area contributed by atoms with Crippen molar-refractivity contribution in [1.82, 2.24) is 0 Å². The van der Waals surface area contributed by atoms with Gasteiger partial charge in [-0.3, -0.25) is 0 Å². The van der Waals surface area contributed by atoms with E-state index in [1.54, 1.807) is 0 Å². The molecule has 31 heavy (non-hydrogen) atoms. The average molecular weight is 410 g/mol. The van der Waals surface area contributed by atoms with E-state index in [-0.39, 0.29) is 5.41 Å². The van der Waals surface area contributed by atoms with Crippen molar-refractivity contribution < 1.29 is 4.58 Å². The Bertz CT molecular complexity index is 1210. The van der Waals surface area contributed by atoms with Gasteiger partial charge < -0.3 is 4.90 Å². The second-order valence-electron chi connectivity index (χ2n) is 9.57. The SMILES string of the molecule is C=C(C)c1ccccc1C1=C2C=CC(=[N+](C)C)C=C2C(C)(C)c2cc(N(C)C)ccc21. The fourth-order valence-corrected chi connectivity index (χ4v) is 4.74. The summed E-state index contributed by atoms with van der Waals surface area (Å²) in [6.45, 7) is 11.1. The summed E-state index contributed by atoms with van der Waals surface area (Å²) in [5, 5.41) is 0. The Morgan fingerprint density at radius 1 is 0.968 bits per heavy atom. The quantitative estimate of drug-likeness (QED) is 0.556. The van der Waals surface area contributed by atoms with E-state index in [2.05, 4.69) is 126 Å². The van der Waals surface area contributed by atoms with Crippen molar-refractivity contribution in [3.05, 3.63) is 101 Å². The van der Waals surface area contributed by atoms with Crippen molar-refractivity contribution in [3.8, 4) is 0 Å². The molecule has 2 aliphatic carbocycles. The maximum Gasteiger partial charge on any atom is 0.199 e. The van der Waals surface area contributed by atoms with Crippen LogP contribution < -0.4 is 4.90 Å². The molecule has 0 N–H and O–H groups in total. The summed E-state index contributed by atoms with van der Waals surface area (Å²) in [6, 6.07) is 15.6. The van der Waals surface area contributed by atoms with Gasteiger partial charge in [0, 0.05) is 37.3 Å². The topological polar surface area (TPSA) is 6.25 Å². The molecule has 2 aliphatic rings. The van der Waals surface area contributed by atoms with Gasteiger partial charge in [-0.05, 0) is 64.1 Å². The predicted octanol–water partition coefficient (Wildman–Crippen LogP) is 6.09. The van der Waals surface area contributed by atoms with Gasteiger partial charge in [0.2, 0.25) is 0 Å². The maximum atomic E-state index is 4.27. The molecule has 158 valence electrons. The van der Waals surface area contributed by atoms with E-state index < -0.39 is 0 Å². The minimum atomic E-state index is -0.107. The standard InChI is InChI=1S/C29H33N2/c1-19(2)22-11-9-10-12-23(22)28-24-15-13-20(30(5)6)17-26(24)29(3,4)27-18-21(31(7)8)14-16-25(27)28/h9-18H,1H2,2-8H3/q+1. The lowest BCUT2D eigenvalue weighted by Crippen LogP contribution is -2.30. The third-order valence-electron chi connectivity index (χ3n) is 6.58. The highest BCUT2D eigenvalue weighted by molar-refractivity contribution is 6.07. The molecule has 2 aromatic carbocycles. The number of rotatable bonds is 3. The smallest absolute Gasteiger partial charge is 0.199 e. The molecule has 0 saturated carbocycles. The molecule has 0 atom stereocenters. The maximum absolute atomic E-state index is 4.27. The molecule has 0 bridgehead atoms. The lowest BCUT2D eigenvalue weighted by Gasteiger charge is -2.39. The zero-order valence-corrected chi connectivity index (χ0v) is 19.9. The Morgan fingerprint density at radius 3 is 2.32 bits per heavy atom. The molecule has 2 nitrogen and oxygen atoms in total. The minimum Gasteiger partial charge on any atom is -0.378 e. The molecule has 0 unspecified atom stereocenters. The Balaban J connectivity index is 2.13. The van der Waals surface area contributed by atoms with Crippen LogP contribution in [0.25, 0.3) is 11.1 Å². The van der Waals surface area contributed by atoms with Crippen LogP contribution in [0.15, 0.2) is 78.4 Å². The molecule has 0 amide bonds. The monoisotopic (exact) mass is 409 g/mol. The van der Waals surface area contributed by atoms with E-state index in [1.165, 1.54) is 50.4 Å². The highest BCUT2D eigenvalue weighted by Gasteiger charge is 2.39. The number of benzene rings is 2. The van der Waals surface area contributed by atoms with Crippen molar-refractivity contribution in [2.75, 3.05) is 33.1 Å². The second-order valence-corrected chi connectivity index (χ2v) is 9.57. The van der Waals surface area contributed by atoms with Crippen molar-refractivity contribution >= 4 is 22.5 Å². The van der Waals surface area contributed by atoms with Gasteiger partial charge in [0.1, 0.15) is 14.1 Å². The summed E-state index contributed by atoms with van der Waals surface area (Å²) < 4.78 is 2.18. The van der Waals surface area contributed by atoms with Gasteiger partial charge >= 0.3 is 0 Å². The minimum absolute atomic E-state index is 0.107. The molecular formula is C29H33N2+. The van der Waals surface area contributed by atoms with E-state index in [9.17, 15) is 0 Å². The first kappa shape index (κ1) is 21.1. The largest absolute Gasteiger partial charge is 0.378 e. The summed E-state index contributed by atoms with van der Waals surface area (Å²) in [7, 11) is 8.43. The number of nitrogens with zero attached hydrogens (tertiary/aromatic N) is 2. The van der Waals surface area contributed by atoms with Crippen molar-refractivity contribution in [2.24, 2.45) is 0 Å². The van der Waals surface area contributed by atoms with Gasteiger partial charge in [0.15, 0.2) is 5.71 Å². The average Bonchev–Trinajstić information content (AvgIpc) is 2.73. The molecule has 0 fully saturated rings. The second kappa shape index (κ2) is 7.53. The van der Waals surface area contributed by atoms with Crippen LogP contribution in [0, 0.1) is 0 Å². The Kier molecular flexibility index (Phi) is 5.13. The van der Waals surface area contributed by atoms with Crippen LogP contribution in [0.4, 0.5) is 5.69 Å². The highest BCUT2D eigenvalue weighted by atomic mass is 15.1. The molecule has 0 aliphatic heterocycles. The van der Waals surface area contributed by atoms with Crippen LogP contribution in [0.2, 0.25) is 0 Å². The van der Waals surface area contributed by atoms with Crippen LogP contribution in [-0.2, 0) is 5.41 Å². The zero-order valence-electron chi connectivity index (χ0n) is 19.9. The fourth-order valence-electron chi connectivity index (χ4n) is 4.74. The summed E-state index contributed by atoms with van der Waals surface area (Å²) in [4.78, 5) is 2.18. The molecule has 2 heteroatoms. The first-order chi connectivity index (χ1) is 14.6. The van der Waals surface area contributed by atoms with Gasteiger partial charge in [-0.2, -0.15) is 0 Å². The first-order valence-electron chi connectivity index (χ1n) is 10.9. The molecular weight excluding hydrogens is 376 g/mol. The predicted molar refractivity (Wildman–Crippen MR) is 135 cm³/mol. The molecule has 0 radical (unpaired) electrons. The van der Waals surface area contributed by atoms with E-state index >= 15 is 0 Å². The van der Waals surface area contributed by atoms with Crippen molar-refractivity contribution in [3.63, 3.8) is 0 Å². The van der Waals surface area contributed by atoms with Gasteiger partial charge in [-0.1, -0.05) is 56.3 Å². The molecule has 2 aromatic rings. The number of hydrogen-bond acceptors (Lipinski definition) is 1. The normalized spacial score (nSPS) is 16.5. The van der Waals surface area contributed by atoms with Crippen LogP contribution in [-0.4, -0.2) is 38.5 Å². The van der Waals surface area contributed by atoms with Gasteiger partial charge in [-0.15, -0.1) is 0 Å². The van der Waals surface area contributed by atoms with Gasteiger partial charge in [0.05, 0.1) is 0 Å². The molecule has 0 aromatic heterocycles. The summed E-state index contributed by atoms with van der Waals surface area (Å²) >= 11 is 0. The Labute approximate surface area is 187 Å². The highest BCUT2D eigenvalue weighted by Crippen LogP contribution is 2.51. The Morgan fingerprint density at radius 2 is 1.68 bits per heavy atom. The van der Waals surface area contributed by atoms with E-state index in [0.29, 0.717) is 0 Å². The van der Waals surface area contributed by atoms with Crippen molar-refractivity contribution in [1.29, 1.82) is 0 Å². The van der Waals surface area contributed by atoms with Gasteiger partial charge in [-0.25, -0.2) is 4.58 Å². The van der Waals surface area contributed by atoms with E-state index in [0.717, 1.165) is 5.57 Å². The molecule has 0 heterocycles. The van der Waals surface area contributed by atoms with Crippen LogP contribution >= 0.6 is 0 Å². The first-order valence-corrected chi connectivity index (χ1v) is 10.9. The summed E-state index contributed by atoms with van der Waals surface area (Å²) in [6.07, 6.45) is 6.90. The number of fused-ring (bicyclic) bond motifs is 2. The zero-order chi connectivity index (χ0) is 22.5. The van der Waals surface area contributed by atoms with E-state index in [1.807, 2.05) is 0 Å². The molecule has 0 saturated heterocycles. The van der Waals surface area contributed by atoms with Crippen LogP contribution in [0.5, 0.6) is 0 Å². The third-order valence-corrected chi connectivity index (χ3v) is 6.58. The number of hydrogen-bond donors (Lipinski definition) is 0. The number of anilines is 1. The third kappa shape index (κ3) is 3.40. The van der Waals surface area contributed by atoms with Gasteiger partial charge in [0.25, 0.3) is 0 Å². The van der Waals surface area contributed by atoms with Crippen LogP contribution in [0.3, 0.4) is 0 Å². The van der Waals surface area contributed by atoms with E-state index in [4.69, 9.17) is 0 Å². The lowest BCUT2D eigenvalue weighted by atomic mass is 9.64. The van der Waals surface area contributed by atoms with Crippen molar-refractivity contribution in [2.45, 2.75) is 26.2 Å². The Hall–Kier alpha value is -3.13. The van der Waals surface area contributed by atoms with Crippen LogP contribution in [0.1, 0.15) is 43.0 Å².